The van der Waals surface area contributed by atoms with Crippen molar-refractivity contribution >= 4 is 37.8 Å². The molecule has 35 heavy (non-hydrogen) atoms. The van der Waals surface area contributed by atoms with Crippen LogP contribution in [0.2, 0.25) is 0 Å². The smallest absolute Gasteiger partial charge is 0.380 e. The van der Waals surface area contributed by atoms with Crippen molar-refractivity contribution in [1.82, 2.24) is 15.3 Å². The Hall–Kier alpha value is -3.09. The summed E-state index contributed by atoms with van der Waals surface area (Å²) >= 11 is 3.48. The van der Waals surface area contributed by atoms with Crippen LogP contribution in [-0.4, -0.2) is 51.0 Å². The van der Waals surface area contributed by atoms with Crippen molar-refractivity contribution in [1.29, 1.82) is 0 Å². The number of nitrogens with zero attached hydrogens (tertiary/aromatic N) is 2. The Morgan fingerprint density at radius 1 is 1.26 bits per heavy atom. The lowest BCUT2D eigenvalue weighted by atomic mass is 9.96. The van der Waals surface area contributed by atoms with Gasteiger partial charge in [0, 0.05) is 43.1 Å². The van der Waals surface area contributed by atoms with Gasteiger partial charge in [-0.15, -0.1) is 0 Å². The van der Waals surface area contributed by atoms with Crippen LogP contribution in [0.15, 0.2) is 53.1 Å². The zero-order chi connectivity index (χ0) is 25.0. The van der Waals surface area contributed by atoms with Gasteiger partial charge in [0.05, 0.1) is 17.3 Å². The lowest BCUT2D eigenvalue weighted by Gasteiger charge is -2.33. The molecule has 1 aliphatic heterocycles. The molecule has 0 atom stereocenters. The number of imidazole rings is 1. The number of nitrogens with one attached hydrogen (secondary N) is 2. The third-order valence-corrected chi connectivity index (χ3v) is 6.88. The average Bonchev–Trinajstić information content (AvgIpc) is 3.33. The number of carbonyl (C=O) groups excluding carboxylic acids is 1. The number of anilines is 1. The number of piperidine rings is 1. The fourth-order valence-corrected chi connectivity index (χ4v) is 4.77. The lowest BCUT2D eigenvalue weighted by molar-refractivity contribution is 0.0935. The molecular weight excluding hydrogens is 538 g/mol. The maximum atomic E-state index is 12.6. The molecule has 0 saturated carbocycles. The Kier molecular flexibility index (Phi) is 7.63. The minimum Gasteiger partial charge on any atom is -0.495 e. The topological polar surface area (TPSA) is 140 Å². The largest absolute Gasteiger partial charge is 0.495 e. The summed E-state index contributed by atoms with van der Waals surface area (Å²) < 4.78 is 33.3. The van der Waals surface area contributed by atoms with Crippen molar-refractivity contribution in [3.8, 4) is 22.8 Å². The normalized spacial score (nSPS) is 14.5. The number of aromatic nitrogens is 2. The minimum atomic E-state index is -4.13. The summed E-state index contributed by atoms with van der Waals surface area (Å²) in [5.74, 6) is 1.12. The number of carbonyl (C=O) groups is 1. The van der Waals surface area contributed by atoms with E-state index < -0.39 is 10.3 Å². The fourth-order valence-electron chi connectivity index (χ4n) is 3.99. The third-order valence-electron chi connectivity index (χ3n) is 5.80. The molecule has 1 amide bonds. The second kappa shape index (κ2) is 10.7. The van der Waals surface area contributed by atoms with E-state index in [9.17, 15) is 13.2 Å². The maximum Gasteiger partial charge on any atom is 0.380 e. The van der Waals surface area contributed by atoms with Gasteiger partial charge in [0.1, 0.15) is 11.5 Å². The van der Waals surface area contributed by atoms with Crippen LogP contribution in [-0.2, 0) is 10.3 Å². The standard InChI is InChI=1S/C23H26BrN5O5S/c1-33-21-12-17(5-6-19(21)24)29-9-7-15(8-10-29)13-27-23(30)22-26-14-20(28-22)16-3-2-4-18(11-16)34-35(25,31)32/h2-6,11-12,14-15H,7-10,13H2,1H3,(H,26,28)(H,27,30)(H2,25,31,32). The second-order valence-electron chi connectivity index (χ2n) is 8.20. The number of ether oxygens (including phenoxy) is 1. The van der Waals surface area contributed by atoms with Crippen molar-refractivity contribution in [2.24, 2.45) is 11.1 Å². The first-order valence-electron chi connectivity index (χ1n) is 11.0. The van der Waals surface area contributed by atoms with E-state index in [-0.39, 0.29) is 17.5 Å². The average molecular weight is 564 g/mol. The lowest BCUT2D eigenvalue weighted by Crippen LogP contribution is -2.38. The maximum absolute atomic E-state index is 12.6. The van der Waals surface area contributed by atoms with Crippen LogP contribution < -0.4 is 24.3 Å². The van der Waals surface area contributed by atoms with Gasteiger partial charge < -0.3 is 24.1 Å². The molecule has 0 unspecified atom stereocenters. The highest BCUT2D eigenvalue weighted by Gasteiger charge is 2.21. The number of amides is 1. The van der Waals surface area contributed by atoms with Gasteiger partial charge in [-0.2, -0.15) is 13.6 Å². The van der Waals surface area contributed by atoms with Crippen LogP contribution in [0.4, 0.5) is 5.69 Å². The molecule has 1 saturated heterocycles. The van der Waals surface area contributed by atoms with E-state index in [4.69, 9.17) is 14.1 Å². The molecule has 1 fully saturated rings. The number of hydrogen-bond donors (Lipinski definition) is 3. The Balaban J connectivity index is 1.30. The van der Waals surface area contributed by atoms with E-state index in [0.717, 1.165) is 41.8 Å². The number of halogens is 1. The summed E-state index contributed by atoms with van der Waals surface area (Å²) in [6.45, 7) is 2.35. The molecule has 0 bridgehead atoms. The van der Waals surface area contributed by atoms with Gasteiger partial charge in [-0.3, -0.25) is 4.79 Å². The number of hydrogen-bond acceptors (Lipinski definition) is 7. The molecule has 12 heteroatoms. The van der Waals surface area contributed by atoms with E-state index in [0.29, 0.717) is 23.7 Å². The van der Waals surface area contributed by atoms with Crippen molar-refractivity contribution < 1.29 is 22.1 Å². The van der Waals surface area contributed by atoms with Gasteiger partial charge in [0.15, 0.2) is 5.82 Å². The van der Waals surface area contributed by atoms with Crippen LogP contribution in [0.25, 0.3) is 11.3 Å². The first kappa shape index (κ1) is 25.0. The zero-order valence-corrected chi connectivity index (χ0v) is 21.4. The SMILES string of the molecule is COc1cc(N2CCC(CNC(=O)c3nc(-c4cccc(OS(N)(=O)=O)c4)c[nH]3)CC2)ccc1Br. The molecular formula is C23H26BrN5O5S. The first-order chi connectivity index (χ1) is 16.7. The van der Waals surface area contributed by atoms with Gasteiger partial charge in [-0.05, 0) is 59.0 Å². The molecule has 4 rings (SSSR count). The van der Waals surface area contributed by atoms with Crippen molar-refractivity contribution in [2.75, 3.05) is 31.6 Å². The van der Waals surface area contributed by atoms with Crippen molar-refractivity contribution in [3.63, 3.8) is 0 Å². The molecule has 0 spiro atoms. The van der Waals surface area contributed by atoms with E-state index >= 15 is 0 Å². The van der Waals surface area contributed by atoms with Gasteiger partial charge in [-0.25, -0.2) is 4.98 Å². The van der Waals surface area contributed by atoms with E-state index in [1.54, 1.807) is 25.4 Å². The Labute approximate surface area is 212 Å². The van der Waals surface area contributed by atoms with E-state index in [1.165, 1.54) is 12.1 Å². The summed E-state index contributed by atoms with van der Waals surface area (Å²) in [6, 6.07) is 12.4. The summed E-state index contributed by atoms with van der Waals surface area (Å²) in [5.41, 5.74) is 2.18. The molecule has 10 nitrogen and oxygen atoms in total. The highest BCUT2D eigenvalue weighted by molar-refractivity contribution is 9.10. The Morgan fingerprint density at radius 2 is 2.03 bits per heavy atom. The fraction of sp³-hybridized carbons (Fsp3) is 0.304. The predicted octanol–water partition coefficient (Wildman–Crippen LogP) is 3.08. The third kappa shape index (κ3) is 6.53. The molecule has 1 aromatic heterocycles. The monoisotopic (exact) mass is 563 g/mol. The predicted molar refractivity (Wildman–Crippen MR) is 136 cm³/mol. The molecule has 2 heterocycles. The summed E-state index contributed by atoms with van der Waals surface area (Å²) in [6.07, 6.45) is 3.49. The number of aromatic amines is 1. The van der Waals surface area contributed by atoms with E-state index in [2.05, 4.69) is 42.2 Å². The molecule has 3 aromatic rings. The molecule has 2 aromatic carbocycles. The van der Waals surface area contributed by atoms with Crippen LogP contribution >= 0.6 is 15.9 Å². The van der Waals surface area contributed by atoms with Gasteiger partial charge >= 0.3 is 10.3 Å². The number of methoxy groups -OCH3 is 1. The Morgan fingerprint density at radius 3 is 2.74 bits per heavy atom. The summed E-state index contributed by atoms with van der Waals surface area (Å²) in [5, 5.41) is 7.87. The van der Waals surface area contributed by atoms with Crippen molar-refractivity contribution in [3.05, 3.63) is 59.0 Å². The first-order valence-corrected chi connectivity index (χ1v) is 13.2. The Bertz CT molecular complexity index is 1310. The van der Waals surface area contributed by atoms with Gasteiger partial charge in [0.2, 0.25) is 0 Å². The molecule has 0 aliphatic carbocycles. The molecule has 186 valence electrons. The summed E-state index contributed by atoms with van der Waals surface area (Å²) in [7, 11) is -2.48. The molecule has 0 radical (unpaired) electrons. The van der Waals surface area contributed by atoms with E-state index in [1.807, 2.05) is 12.1 Å². The molecule has 1 aliphatic rings. The van der Waals surface area contributed by atoms with Crippen LogP contribution in [0.5, 0.6) is 11.5 Å². The van der Waals surface area contributed by atoms with Gasteiger partial charge in [-0.1, -0.05) is 12.1 Å². The van der Waals surface area contributed by atoms with Crippen molar-refractivity contribution in [2.45, 2.75) is 12.8 Å². The quantitative estimate of drug-likeness (QED) is 0.382. The number of rotatable bonds is 8. The van der Waals surface area contributed by atoms with Gasteiger partial charge in [0.25, 0.3) is 5.91 Å². The zero-order valence-electron chi connectivity index (χ0n) is 19.0. The highest BCUT2D eigenvalue weighted by Crippen LogP contribution is 2.31. The van der Waals surface area contributed by atoms with Crippen LogP contribution in [0.1, 0.15) is 23.5 Å². The second-order valence-corrected chi connectivity index (χ2v) is 10.2. The highest BCUT2D eigenvalue weighted by atomic mass is 79.9. The number of benzene rings is 2. The summed E-state index contributed by atoms with van der Waals surface area (Å²) in [4.78, 5) is 22.1. The van der Waals surface area contributed by atoms with Crippen LogP contribution in [0, 0.1) is 5.92 Å². The van der Waals surface area contributed by atoms with Crippen LogP contribution in [0.3, 0.4) is 0 Å². The number of H-pyrrole nitrogens is 1. The molecule has 4 N–H and O–H groups in total. The minimum absolute atomic E-state index is 0.0620. The number of nitrogens with two attached hydrogens (primary N) is 1.